The summed E-state index contributed by atoms with van der Waals surface area (Å²) in [5.74, 6) is -0.297. The van der Waals surface area contributed by atoms with Crippen molar-refractivity contribution in [2.45, 2.75) is 12.2 Å². The van der Waals surface area contributed by atoms with Gasteiger partial charge in [-0.1, -0.05) is 23.2 Å². The maximum absolute atomic E-state index is 11.9. The summed E-state index contributed by atoms with van der Waals surface area (Å²) in [5.41, 5.74) is 0. The summed E-state index contributed by atoms with van der Waals surface area (Å²) >= 11 is 11.3. The second-order valence-electron chi connectivity index (χ2n) is 2.89. The zero-order chi connectivity index (χ0) is 12.3. The minimum Gasteiger partial charge on any atom is -0.481 e. The van der Waals surface area contributed by atoms with E-state index in [0.29, 0.717) is 0 Å². The molecule has 8 heteroatoms. The van der Waals surface area contributed by atoms with Gasteiger partial charge < -0.3 is 4.74 Å². The average Bonchev–Trinajstić information content (AvgIpc) is 2.16. The highest BCUT2D eigenvalue weighted by atomic mass is 35.5. The predicted molar refractivity (Wildman–Crippen MR) is 50.1 cm³/mol. The van der Waals surface area contributed by atoms with E-state index in [0.717, 1.165) is 0 Å². The van der Waals surface area contributed by atoms with Crippen LogP contribution in [0, 0.1) is 11.3 Å². The van der Waals surface area contributed by atoms with Gasteiger partial charge in [-0.05, 0) is 0 Å². The summed E-state index contributed by atoms with van der Waals surface area (Å²) < 4.78 is 40.2. The molecule has 0 saturated carbocycles. The molecule has 2 N–H and O–H groups in total. The van der Waals surface area contributed by atoms with Crippen LogP contribution in [0.3, 0.4) is 0 Å². The molecular formula is C8H6Cl2F3N2O+. The van der Waals surface area contributed by atoms with Crippen LogP contribution in [0.5, 0.6) is 0 Å². The summed E-state index contributed by atoms with van der Waals surface area (Å²) in [6.07, 6.45) is -3.20. The fourth-order valence-electron chi connectivity index (χ4n) is 0.988. The fraction of sp³-hybridized carbons (Fsp3) is 0.375. The molecule has 0 aromatic rings. The van der Waals surface area contributed by atoms with E-state index in [-0.39, 0.29) is 15.8 Å². The number of ether oxygens (including phenoxy) is 1. The molecule has 0 saturated heterocycles. The Morgan fingerprint density at radius 3 is 2.62 bits per heavy atom. The van der Waals surface area contributed by atoms with E-state index in [1.807, 2.05) is 0 Å². The Morgan fingerprint density at radius 1 is 1.50 bits per heavy atom. The summed E-state index contributed by atoms with van der Waals surface area (Å²) in [4.78, 5) is 0. The second-order valence-corrected chi connectivity index (χ2v) is 3.71. The molecule has 0 aromatic carbocycles. The standard InChI is InChI=1S/C8H5Cl2F3N2O/c9-4-2-15-5(1-14)6(10)7(4)16-3-8(11,12)13/h2,5,15H,3H2/p+1. The lowest BCUT2D eigenvalue weighted by Crippen LogP contribution is -2.85. The number of quaternary nitrogens is 1. The molecule has 0 fully saturated rings. The number of nitrogens with two attached hydrogens (primary N) is 1. The Morgan fingerprint density at radius 2 is 2.12 bits per heavy atom. The first-order chi connectivity index (χ1) is 7.35. The summed E-state index contributed by atoms with van der Waals surface area (Å²) in [5, 5.41) is 9.83. The van der Waals surface area contributed by atoms with E-state index < -0.39 is 18.8 Å². The van der Waals surface area contributed by atoms with Crippen LogP contribution < -0.4 is 5.32 Å². The Kier molecular flexibility index (Phi) is 4.08. The van der Waals surface area contributed by atoms with Crippen molar-refractivity contribution in [1.29, 1.82) is 5.26 Å². The van der Waals surface area contributed by atoms with E-state index >= 15 is 0 Å². The van der Waals surface area contributed by atoms with Crippen LogP contribution in [0.4, 0.5) is 13.2 Å². The topological polar surface area (TPSA) is 49.6 Å². The van der Waals surface area contributed by atoms with Gasteiger partial charge in [0.2, 0.25) is 6.04 Å². The number of rotatable bonds is 2. The molecule has 0 amide bonds. The van der Waals surface area contributed by atoms with E-state index in [1.165, 1.54) is 11.5 Å². The van der Waals surface area contributed by atoms with Gasteiger partial charge in [-0.2, -0.15) is 18.4 Å². The van der Waals surface area contributed by atoms with Crippen molar-refractivity contribution in [3.8, 4) is 6.07 Å². The van der Waals surface area contributed by atoms with E-state index in [2.05, 4.69) is 4.74 Å². The largest absolute Gasteiger partial charge is 0.481 e. The Bertz CT molecular complexity index is 384. The first-order valence-corrected chi connectivity index (χ1v) is 4.80. The van der Waals surface area contributed by atoms with Crippen LogP contribution in [0.1, 0.15) is 0 Å². The zero-order valence-corrected chi connectivity index (χ0v) is 9.20. The molecule has 1 aliphatic heterocycles. The molecular weight excluding hydrogens is 268 g/mol. The van der Waals surface area contributed by atoms with Gasteiger partial charge in [-0.15, -0.1) is 0 Å². The first-order valence-electron chi connectivity index (χ1n) is 4.05. The second kappa shape index (κ2) is 4.95. The van der Waals surface area contributed by atoms with Gasteiger partial charge in [0.15, 0.2) is 12.4 Å². The zero-order valence-electron chi connectivity index (χ0n) is 7.68. The lowest BCUT2D eigenvalue weighted by molar-refractivity contribution is -0.604. The number of allylic oxidation sites excluding steroid dienone is 1. The number of nitrogens with zero attached hydrogens (tertiary/aromatic N) is 1. The fourth-order valence-corrected chi connectivity index (χ4v) is 1.54. The van der Waals surface area contributed by atoms with Crippen LogP contribution in [0.25, 0.3) is 0 Å². The molecule has 1 atom stereocenters. The predicted octanol–water partition coefficient (Wildman–Crippen LogP) is 1.57. The lowest BCUT2D eigenvalue weighted by atomic mass is 10.2. The van der Waals surface area contributed by atoms with Gasteiger partial charge in [0.05, 0.1) is 0 Å². The lowest BCUT2D eigenvalue weighted by Gasteiger charge is -2.17. The van der Waals surface area contributed by atoms with Crippen LogP contribution in [-0.2, 0) is 4.74 Å². The minimum absolute atomic E-state index is 0.0549. The monoisotopic (exact) mass is 273 g/mol. The molecule has 1 rings (SSSR count). The van der Waals surface area contributed by atoms with Gasteiger partial charge in [0.25, 0.3) is 0 Å². The van der Waals surface area contributed by atoms with Crippen LogP contribution in [0.2, 0.25) is 0 Å². The first kappa shape index (κ1) is 13.2. The summed E-state index contributed by atoms with van der Waals surface area (Å²) in [7, 11) is 0. The Labute approximate surface area is 99.1 Å². The SMILES string of the molecule is N#CC1[NH2+]C=C(Cl)C(OCC(F)(F)F)=C1Cl. The van der Waals surface area contributed by atoms with Crippen molar-refractivity contribution < 1.29 is 23.2 Å². The molecule has 0 radical (unpaired) electrons. The Hall–Kier alpha value is -0.900. The molecule has 0 aliphatic carbocycles. The normalized spacial score (nSPS) is 21.5. The highest BCUT2D eigenvalue weighted by Gasteiger charge is 2.33. The van der Waals surface area contributed by atoms with Crippen LogP contribution >= 0.6 is 23.2 Å². The summed E-state index contributed by atoms with van der Waals surface area (Å²) in [6.45, 7) is -1.50. The van der Waals surface area contributed by atoms with E-state index in [1.54, 1.807) is 6.07 Å². The molecule has 1 unspecified atom stereocenters. The van der Waals surface area contributed by atoms with E-state index in [9.17, 15) is 13.2 Å². The van der Waals surface area contributed by atoms with Gasteiger partial charge >= 0.3 is 6.18 Å². The van der Waals surface area contributed by atoms with Crippen molar-refractivity contribution in [1.82, 2.24) is 0 Å². The Balaban J connectivity index is 2.83. The van der Waals surface area contributed by atoms with Crippen LogP contribution in [-0.4, -0.2) is 18.8 Å². The molecule has 0 spiro atoms. The van der Waals surface area contributed by atoms with Crippen molar-refractivity contribution in [3.63, 3.8) is 0 Å². The minimum atomic E-state index is -4.48. The maximum Gasteiger partial charge on any atom is 0.422 e. The van der Waals surface area contributed by atoms with Gasteiger partial charge in [0, 0.05) is 0 Å². The molecule has 1 aliphatic rings. The van der Waals surface area contributed by atoms with E-state index in [4.69, 9.17) is 28.5 Å². The van der Waals surface area contributed by atoms with Gasteiger partial charge in [0.1, 0.15) is 22.3 Å². The molecule has 0 aromatic heterocycles. The molecule has 88 valence electrons. The quantitative estimate of drug-likeness (QED) is 0.830. The van der Waals surface area contributed by atoms with Crippen LogP contribution in [0.15, 0.2) is 22.0 Å². The third-order valence-corrected chi connectivity index (χ3v) is 2.37. The molecule has 3 nitrogen and oxygen atoms in total. The van der Waals surface area contributed by atoms with Gasteiger partial charge in [-0.25, -0.2) is 0 Å². The molecule has 16 heavy (non-hydrogen) atoms. The van der Waals surface area contributed by atoms with Crippen molar-refractivity contribution in [2.24, 2.45) is 0 Å². The number of hydrogen-bond donors (Lipinski definition) is 1. The highest BCUT2D eigenvalue weighted by molar-refractivity contribution is 6.35. The number of halogens is 5. The summed E-state index contributed by atoms with van der Waals surface area (Å²) in [6, 6.07) is 0.965. The maximum atomic E-state index is 11.9. The van der Waals surface area contributed by atoms with Crippen molar-refractivity contribution >= 4 is 23.2 Å². The molecule has 0 bridgehead atoms. The average molecular weight is 274 g/mol. The van der Waals surface area contributed by atoms with Crippen molar-refractivity contribution in [3.05, 3.63) is 22.0 Å². The van der Waals surface area contributed by atoms with Gasteiger partial charge in [-0.3, -0.25) is 5.32 Å². The molecule has 1 heterocycles. The van der Waals surface area contributed by atoms with Crippen molar-refractivity contribution in [2.75, 3.05) is 6.61 Å². The number of hydrogen-bond acceptors (Lipinski definition) is 2. The highest BCUT2D eigenvalue weighted by Crippen LogP contribution is 2.27. The number of alkyl halides is 3. The third kappa shape index (κ3) is 3.30. The smallest absolute Gasteiger partial charge is 0.422 e. The third-order valence-electron chi connectivity index (χ3n) is 1.66. The number of nitriles is 1.